The summed E-state index contributed by atoms with van der Waals surface area (Å²) in [6.07, 6.45) is 1.44. The van der Waals surface area contributed by atoms with Gasteiger partial charge in [0.1, 0.15) is 0 Å². The second kappa shape index (κ2) is 4.33. The molecule has 0 aliphatic rings. The van der Waals surface area contributed by atoms with Gasteiger partial charge in [0.25, 0.3) is 0 Å². The third-order valence-corrected chi connectivity index (χ3v) is 1.81. The lowest BCUT2D eigenvalue weighted by atomic mass is 10.2. The zero-order valence-corrected chi connectivity index (χ0v) is 7.23. The highest BCUT2D eigenvalue weighted by molar-refractivity contribution is 9.09. The lowest BCUT2D eigenvalue weighted by Crippen LogP contribution is -2.18. The summed E-state index contributed by atoms with van der Waals surface area (Å²) in [6, 6.07) is 0. The molecule has 0 bridgehead atoms. The van der Waals surface area contributed by atoms with Crippen LogP contribution in [0.25, 0.3) is 0 Å². The average molecular weight is 181 g/mol. The topological polar surface area (TPSA) is 9.23 Å². The minimum atomic E-state index is 0.370. The van der Waals surface area contributed by atoms with Crippen LogP contribution in [-0.4, -0.2) is 18.0 Å². The van der Waals surface area contributed by atoms with Gasteiger partial charge in [-0.05, 0) is 6.42 Å². The van der Waals surface area contributed by atoms with Crippen molar-refractivity contribution >= 4 is 15.9 Å². The van der Waals surface area contributed by atoms with Crippen molar-refractivity contribution in [3.05, 3.63) is 0 Å². The molecule has 0 amide bonds. The summed E-state index contributed by atoms with van der Waals surface area (Å²) in [6.45, 7) is 4.21. The van der Waals surface area contributed by atoms with E-state index in [2.05, 4.69) is 29.8 Å². The molecule has 0 rings (SSSR count). The monoisotopic (exact) mass is 180 g/mol. The molecule has 8 heavy (non-hydrogen) atoms. The van der Waals surface area contributed by atoms with E-state index in [9.17, 15) is 0 Å². The molecule has 0 N–H and O–H groups in total. The van der Waals surface area contributed by atoms with Crippen molar-refractivity contribution in [1.82, 2.24) is 0 Å². The fraction of sp³-hybridized carbons (Fsp3) is 1.00. The number of alkyl halides is 1. The van der Waals surface area contributed by atoms with Gasteiger partial charge in [-0.1, -0.05) is 29.8 Å². The molecule has 0 saturated heterocycles. The third kappa shape index (κ3) is 2.68. The van der Waals surface area contributed by atoms with Crippen LogP contribution in [0.1, 0.15) is 20.3 Å². The predicted molar refractivity (Wildman–Crippen MR) is 39.5 cm³/mol. The SMILES string of the molecule is CC[C@@H](OC)[C@@H](C)Br. The Hall–Kier alpha value is 0.440. The highest BCUT2D eigenvalue weighted by Gasteiger charge is 2.09. The predicted octanol–water partition coefficient (Wildman–Crippen LogP) is 2.19. The maximum absolute atomic E-state index is 5.11. The van der Waals surface area contributed by atoms with E-state index < -0.39 is 0 Å². The first kappa shape index (κ1) is 8.44. The number of methoxy groups -OCH3 is 1. The first-order chi connectivity index (χ1) is 3.72. The number of hydrogen-bond acceptors (Lipinski definition) is 1. The molecule has 50 valence electrons. The molecule has 0 aliphatic heterocycles. The maximum Gasteiger partial charge on any atom is 0.0690 e. The summed E-state index contributed by atoms with van der Waals surface area (Å²) in [5.74, 6) is 0. The molecule has 0 spiro atoms. The van der Waals surface area contributed by atoms with Crippen LogP contribution >= 0.6 is 15.9 Å². The lowest BCUT2D eigenvalue weighted by molar-refractivity contribution is 0.102. The Bertz CT molecular complexity index is 50.5. The van der Waals surface area contributed by atoms with Gasteiger partial charge < -0.3 is 4.74 Å². The van der Waals surface area contributed by atoms with E-state index in [-0.39, 0.29) is 0 Å². The van der Waals surface area contributed by atoms with Gasteiger partial charge in [0, 0.05) is 11.9 Å². The molecular weight excluding hydrogens is 168 g/mol. The van der Waals surface area contributed by atoms with Gasteiger partial charge in [0.2, 0.25) is 0 Å². The Kier molecular flexibility index (Phi) is 4.57. The summed E-state index contributed by atoms with van der Waals surface area (Å²) in [5, 5.41) is 0. The molecule has 0 fully saturated rings. The third-order valence-electron chi connectivity index (χ3n) is 1.22. The average Bonchev–Trinajstić information content (AvgIpc) is 1.69. The largest absolute Gasteiger partial charge is 0.380 e. The van der Waals surface area contributed by atoms with Gasteiger partial charge in [-0.3, -0.25) is 0 Å². The Morgan fingerprint density at radius 1 is 1.62 bits per heavy atom. The van der Waals surface area contributed by atoms with Crippen molar-refractivity contribution in [1.29, 1.82) is 0 Å². The second-order valence-corrected chi connectivity index (χ2v) is 3.30. The summed E-state index contributed by atoms with van der Waals surface area (Å²) in [7, 11) is 1.74. The van der Waals surface area contributed by atoms with Gasteiger partial charge >= 0.3 is 0 Å². The van der Waals surface area contributed by atoms with E-state index in [1.54, 1.807) is 7.11 Å². The van der Waals surface area contributed by atoms with E-state index in [4.69, 9.17) is 4.74 Å². The summed E-state index contributed by atoms with van der Waals surface area (Å²) in [4.78, 5) is 0.470. The highest BCUT2D eigenvalue weighted by atomic mass is 79.9. The molecule has 0 radical (unpaired) electrons. The van der Waals surface area contributed by atoms with Gasteiger partial charge in [-0.15, -0.1) is 0 Å². The van der Waals surface area contributed by atoms with Crippen LogP contribution in [0.2, 0.25) is 0 Å². The van der Waals surface area contributed by atoms with Crippen LogP contribution in [0, 0.1) is 0 Å². The van der Waals surface area contributed by atoms with Crippen molar-refractivity contribution in [3.8, 4) is 0 Å². The standard InChI is InChI=1S/C6H13BrO/c1-4-6(8-3)5(2)7/h5-6H,4H2,1-3H3/t5-,6-/m1/s1. The van der Waals surface area contributed by atoms with Crippen molar-refractivity contribution in [3.63, 3.8) is 0 Å². The van der Waals surface area contributed by atoms with Crippen LogP contribution in [0.15, 0.2) is 0 Å². The zero-order chi connectivity index (χ0) is 6.57. The van der Waals surface area contributed by atoms with Crippen molar-refractivity contribution in [2.45, 2.75) is 31.2 Å². The number of hydrogen-bond donors (Lipinski definition) is 0. The van der Waals surface area contributed by atoms with Crippen LogP contribution in [0.5, 0.6) is 0 Å². The molecule has 0 aromatic heterocycles. The lowest BCUT2D eigenvalue weighted by Gasteiger charge is -2.14. The molecule has 0 unspecified atom stereocenters. The Balaban J connectivity index is 3.35. The van der Waals surface area contributed by atoms with Gasteiger partial charge in [-0.2, -0.15) is 0 Å². The van der Waals surface area contributed by atoms with E-state index >= 15 is 0 Å². The van der Waals surface area contributed by atoms with Crippen molar-refractivity contribution in [2.75, 3.05) is 7.11 Å². The fourth-order valence-electron chi connectivity index (χ4n) is 0.679. The highest BCUT2D eigenvalue weighted by Crippen LogP contribution is 2.10. The Morgan fingerprint density at radius 2 is 2.12 bits per heavy atom. The van der Waals surface area contributed by atoms with E-state index in [0.717, 1.165) is 6.42 Å². The summed E-state index contributed by atoms with van der Waals surface area (Å²) < 4.78 is 5.11. The van der Waals surface area contributed by atoms with Crippen molar-refractivity contribution in [2.24, 2.45) is 0 Å². The number of rotatable bonds is 3. The smallest absolute Gasteiger partial charge is 0.0690 e. The van der Waals surface area contributed by atoms with Gasteiger partial charge in [0.05, 0.1) is 6.10 Å². The van der Waals surface area contributed by atoms with Crippen LogP contribution in [-0.2, 0) is 4.74 Å². The molecule has 0 aromatic carbocycles. The number of ether oxygens (including phenoxy) is 1. The quantitative estimate of drug-likeness (QED) is 0.606. The van der Waals surface area contributed by atoms with Crippen LogP contribution in [0.3, 0.4) is 0 Å². The van der Waals surface area contributed by atoms with Crippen molar-refractivity contribution < 1.29 is 4.74 Å². The molecular formula is C6H13BrO. The summed E-state index contributed by atoms with van der Waals surface area (Å²) in [5.41, 5.74) is 0. The molecule has 0 heterocycles. The second-order valence-electron chi connectivity index (χ2n) is 1.86. The molecule has 2 heteroatoms. The van der Waals surface area contributed by atoms with E-state index in [0.29, 0.717) is 10.9 Å². The van der Waals surface area contributed by atoms with Gasteiger partial charge in [0.15, 0.2) is 0 Å². The molecule has 2 atom stereocenters. The minimum absolute atomic E-state index is 0.370. The first-order valence-corrected chi connectivity index (χ1v) is 3.80. The normalized spacial score (nSPS) is 18.0. The van der Waals surface area contributed by atoms with Crippen LogP contribution < -0.4 is 0 Å². The van der Waals surface area contributed by atoms with E-state index in [1.165, 1.54) is 0 Å². The first-order valence-electron chi connectivity index (χ1n) is 2.89. The summed E-state index contributed by atoms with van der Waals surface area (Å²) >= 11 is 3.44. The van der Waals surface area contributed by atoms with E-state index in [1.807, 2.05) is 0 Å². The maximum atomic E-state index is 5.11. The Labute approximate surface area is 59.5 Å². The Morgan fingerprint density at radius 3 is 2.12 bits per heavy atom. The number of halogens is 1. The molecule has 0 saturated carbocycles. The van der Waals surface area contributed by atoms with Gasteiger partial charge in [-0.25, -0.2) is 0 Å². The van der Waals surface area contributed by atoms with Crippen LogP contribution in [0.4, 0.5) is 0 Å². The minimum Gasteiger partial charge on any atom is -0.380 e. The molecule has 0 aliphatic carbocycles. The fourth-order valence-corrected chi connectivity index (χ4v) is 1.27. The molecule has 0 aromatic rings. The zero-order valence-electron chi connectivity index (χ0n) is 5.65. The molecule has 1 nitrogen and oxygen atoms in total.